The van der Waals surface area contributed by atoms with Crippen molar-refractivity contribution in [2.45, 2.75) is 39.5 Å². The number of benzene rings is 1. The van der Waals surface area contributed by atoms with Gasteiger partial charge in [0, 0.05) is 0 Å². The van der Waals surface area contributed by atoms with Crippen molar-refractivity contribution in [2.75, 3.05) is 0 Å². The molecule has 0 bridgehead atoms. The molecule has 0 amide bonds. The molecule has 0 aliphatic rings. The summed E-state index contributed by atoms with van der Waals surface area (Å²) in [5.74, 6) is -0.480. The Kier molecular flexibility index (Phi) is 4.53. The van der Waals surface area contributed by atoms with Crippen molar-refractivity contribution >= 4 is 5.97 Å². The highest BCUT2D eigenvalue weighted by Gasteiger charge is 2.12. The summed E-state index contributed by atoms with van der Waals surface area (Å²) >= 11 is 0. The first-order valence-electron chi connectivity index (χ1n) is 5.82. The van der Waals surface area contributed by atoms with E-state index in [9.17, 15) is 4.79 Å². The monoisotopic (exact) mass is 220 g/mol. The Morgan fingerprint density at radius 2 is 1.75 bits per heavy atom. The predicted octanol–water partition coefficient (Wildman–Crippen LogP) is 3.46. The average Bonchev–Trinajstić information content (AvgIpc) is 2.26. The third kappa shape index (κ3) is 3.69. The number of aryl methyl sites for hydroxylation is 1. The molecule has 0 aromatic heterocycles. The van der Waals surface area contributed by atoms with E-state index in [-0.39, 0.29) is 0 Å². The molecule has 1 aromatic carbocycles. The third-order valence-corrected chi connectivity index (χ3v) is 2.86. The van der Waals surface area contributed by atoms with Crippen LogP contribution < -0.4 is 0 Å². The Labute approximate surface area is 97.3 Å². The van der Waals surface area contributed by atoms with Crippen molar-refractivity contribution in [2.24, 2.45) is 5.92 Å². The largest absolute Gasteiger partial charge is 0.481 e. The first kappa shape index (κ1) is 12.8. The lowest BCUT2D eigenvalue weighted by Gasteiger charge is -2.08. The number of carbonyl (C=O) groups is 1. The van der Waals surface area contributed by atoms with Gasteiger partial charge in [-0.15, -0.1) is 0 Å². The van der Waals surface area contributed by atoms with Crippen LogP contribution in [0.1, 0.15) is 44.2 Å². The molecule has 0 heterocycles. The molecule has 0 spiro atoms. The molecule has 0 saturated heterocycles. The Balaban J connectivity index is 2.64. The second-order valence-corrected chi connectivity index (χ2v) is 4.73. The quantitative estimate of drug-likeness (QED) is 0.825. The van der Waals surface area contributed by atoms with E-state index in [0.29, 0.717) is 5.92 Å². The van der Waals surface area contributed by atoms with Gasteiger partial charge in [0.05, 0.1) is 5.92 Å². The fraction of sp³-hybridized carbons (Fsp3) is 0.500. The average molecular weight is 220 g/mol. The summed E-state index contributed by atoms with van der Waals surface area (Å²) in [4.78, 5) is 10.8. The van der Waals surface area contributed by atoms with Crippen LogP contribution in [0.15, 0.2) is 24.3 Å². The van der Waals surface area contributed by atoms with Gasteiger partial charge in [0.15, 0.2) is 0 Å². The van der Waals surface area contributed by atoms with Gasteiger partial charge >= 0.3 is 5.97 Å². The maximum atomic E-state index is 10.8. The molecule has 1 rings (SSSR count). The zero-order chi connectivity index (χ0) is 12.1. The van der Waals surface area contributed by atoms with Gasteiger partial charge in [0.25, 0.3) is 0 Å². The lowest BCUT2D eigenvalue weighted by molar-refractivity contribution is -0.138. The zero-order valence-corrected chi connectivity index (χ0v) is 10.2. The summed E-state index contributed by atoms with van der Waals surface area (Å²) in [6, 6.07) is 7.93. The number of aliphatic carboxylic acids is 1. The summed E-state index contributed by atoms with van der Waals surface area (Å²) in [6.07, 6.45) is 2.24. The third-order valence-electron chi connectivity index (χ3n) is 2.86. The van der Waals surface area contributed by atoms with Crippen molar-refractivity contribution in [3.63, 3.8) is 0 Å². The highest BCUT2D eigenvalue weighted by Crippen LogP contribution is 2.17. The molecule has 1 unspecified atom stereocenters. The van der Waals surface area contributed by atoms with E-state index in [4.69, 9.17) is 5.11 Å². The minimum Gasteiger partial charge on any atom is -0.481 e. The van der Waals surface area contributed by atoms with Gasteiger partial charge in [0.1, 0.15) is 0 Å². The minimum atomic E-state index is -0.769. The molecule has 1 atom stereocenters. The normalized spacial score (nSPS) is 12.8. The topological polar surface area (TPSA) is 37.3 Å². The maximum Gasteiger partial charge on any atom is 0.310 e. The standard InChI is InChI=1S/C14H20O2/c1-10(2)4-5-12-6-8-13(9-7-12)11(3)14(15)16/h6-11H,4-5H2,1-3H3,(H,15,16). The van der Waals surface area contributed by atoms with Crippen LogP contribution in [0.2, 0.25) is 0 Å². The highest BCUT2D eigenvalue weighted by atomic mass is 16.4. The molecule has 0 radical (unpaired) electrons. The summed E-state index contributed by atoms with van der Waals surface area (Å²) < 4.78 is 0. The molecule has 0 fully saturated rings. The van der Waals surface area contributed by atoms with Crippen molar-refractivity contribution in [1.82, 2.24) is 0 Å². The Bertz CT molecular complexity index is 338. The molecule has 2 heteroatoms. The van der Waals surface area contributed by atoms with Gasteiger partial charge in [-0.05, 0) is 36.8 Å². The van der Waals surface area contributed by atoms with Crippen LogP contribution in [0.25, 0.3) is 0 Å². The van der Waals surface area contributed by atoms with E-state index < -0.39 is 11.9 Å². The van der Waals surface area contributed by atoms with Crippen molar-refractivity contribution in [3.8, 4) is 0 Å². The summed E-state index contributed by atoms with van der Waals surface area (Å²) in [7, 11) is 0. The molecule has 1 N–H and O–H groups in total. The van der Waals surface area contributed by atoms with Crippen LogP contribution in [0.3, 0.4) is 0 Å². The van der Waals surface area contributed by atoms with Gasteiger partial charge in [-0.1, -0.05) is 38.1 Å². The van der Waals surface area contributed by atoms with Crippen LogP contribution in [0.4, 0.5) is 0 Å². The minimum absolute atomic E-state index is 0.417. The Morgan fingerprint density at radius 1 is 1.19 bits per heavy atom. The van der Waals surface area contributed by atoms with Crippen LogP contribution in [0.5, 0.6) is 0 Å². The lowest BCUT2D eigenvalue weighted by atomic mass is 9.97. The first-order valence-corrected chi connectivity index (χ1v) is 5.82. The molecule has 0 aliphatic carbocycles. The van der Waals surface area contributed by atoms with Gasteiger partial charge in [0.2, 0.25) is 0 Å². The van der Waals surface area contributed by atoms with Crippen LogP contribution >= 0.6 is 0 Å². The Hall–Kier alpha value is -1.31. The summed E-state index contributed by atoms with van der Waals surface area (Å²) in [5.41, 5.74) is 2.16. The first-order chi connectivity index (χ1) is 7.50. The molecular weight excluding hydrogens is 200 g/mol. The van der Waals surface area contributed by atoms with E-state index >= 15 is 0 Å². The van der Waals surface area contributed by atoms with Crippen LogP contribution in [-0.4, -0.2) is 11.1 Å². The smallest absolute Gasteiger partial charge is 0.310 e. The van der Waals surface area contributed by atoms with E-state index in [1.165, 1.54) is 12.0 Å². The molecule has 0 saturated carbocycles. The van der Waals surface area contributed by atoms with E-state index in [1.54, 1.807) is 6.92 Å². The second-order valence-electron chi connectivity index (χ2n) is 4.73. The zero-order valence-electron chi connectivity index (χ0n) is 10.2. The fourth-order valence-electron chi connectivity index (χ4n) is 1.57. The second kappa shape index (κ2) is 5.69. The molecule has 16 heavy (non-hydrogen) atoms. The van der Waals surface area contributed by atoms with Gasteiger partial charge in [-0.2, -0.15) is 0 Å². The van der Waals surface area contributed by atoms with E-state index in [0.717, 1.165) is 12.0 Å². The number of hydrogen-bond acceptors (Lipinski definition) is 1. The van der Waals surface area contributed by atoms with Crippen LogP contribution in [0, 0.1) is 5.92 Å². The SMILES string of the molecule is CC(C)CCc1ccc(C(C)C(=O)O)cc1. The summed E-state index contributed by atoms with van der Waals surface area (Å²) in [5, 5.41) is 8.88. The highest BCUT2D eigenvalue weighted by molar-refractivity contribution is 5.75. The van der Waals surface area contributed by atoms with Crippen molar-refractivity contribution in [1.29, 1.82) is 0 Å². The number of hydrogen-bond donors (Lipinski definition) is 1. The van der Waals surface area contributed by atoms with Crippen molar-refractivity contribution < 1.29 is 9.90 Å². The molecule has 2 nitrogen and oxygen atoms in total. The number of rotatable bonds is 5. The maximum absolute atomic E-state index is 10.8. The molecule has 88 valence electrons. The molecular formula is C14H20O2. The predicted molar refractivity (Wildman–Crippen MR) is 65.7 cm³/mol. The summed E-state index contributed by atoms with van der Waals surface area (Å²) in [6.45, 7) is 6.13. The van der Waals surface area contributed by atoms with E-state index in [2.05, 4.69) is 13.8 Å². The van der Waals surface area contributed by atoms with E-state index in [1.807, 2.05) is 24.3 Å². The van der Waals surface area contributed by atoms with Gasteiger partial charge < -0.3 is 5.11 Å². The van der Waals surface area contributed by atoms with Gasteiger partial charge in [-0.3, -0.25) is 4.79 Å². The molecule has 0 aliphatic heterocycles. The lowest BCUT2D eigenvalue weighted by Crippen LogP contribution is -2.07. The van der Waals surface area contributed by atoms with Gasteiger partial charge in [-0.25, -0.2) is 0 Å². The van der Waals surface area contributed by atoms with Crippen molar-refractivity contribution in [3.05, 3.63) is 35.4 Å². The number of carboxylic acid groups (broad SMARTS) is 1. The fourth-order valence-corrected chi connectivity index (χ4v) is 1.57. The van der Waals surface area contributed by atoms with Crippen LogP contribution in [-0.2, 0) is 11.2 Å². The Morgan fingerprint density at radius 3 is 2.19 bits per heavy atom. The number of carboxylic acids is 1. The molecule has 1 aromatic rings.